The van der Waals surface area contributed by atoms with Gasteiger partial charge in [0.15, 0.2) is 0 Å². The number of aromatic nitrogens is 3. The second-order valence-electron chi connectivity index (χ2n) is 32.8. The SMILES string of the molecule is Cc1ncsc1-c1ccc([C@H](C)NC(=O)[C@@H]2C[C@@H](O)CN2C(=O)[C@@H](NC(=O)CCCCCCCCCCN2CCC(N3CCC(CNc4ccc(S(=O)(=O)NC(=O)c5ccc(N6CCN(CC7=C(c8ccc(Cl)cc8)CC(C)(C)CC7)CC6)cc5Oc5cnc6[nH]ccc6c5)cc4[N+](=O)[O-])CC3)CC2)C(C)(C)C)cc1. The predicted octanol–water partition coefficient (Wildman–Crippen LogP) is 14.7. The van der Waals surface area contributed by atoms with E-state index in [0.29, 0.717) is 43.5 Å². The fraction of sp³-hybridized carbons (Fsp3) is 0.524. The van der Waals surface area contributed by atoms with E-state index < -0.39 is 55.0 Å². The van der Waals surface area contributed by atoms with Crippen LogP contribution in [-0.2, 0) is 24.4 Å². The van der Waals surface area contributed by atoms with Gasteiger partial charge in [0.2, 0.25) is 17.7 Å². The van der Waals surface area contributed by atoms with Crippen LogP contribution in [0.3, 0.4) is 0 Å². The first-order chi connectivity index (χ1) is 52.7. The van der Waals surface area contributed by atoms with E-state index in [1.807, 2.05) is 82.6 Å². The van der Waals surface area contributed by atoms with Crippen LogP contribution in [-0.4, -0.2) is 179 Å². The number of piperazine rings is 1. The molecule has 0 radical (unpaired) electrons. The first-order valence-corrected chi connectivity index (χ1v) is 42.3. The number of carbonyl (C=O) groups is 4. The summed E-state index contributed by atoms with van der Waals surface area (Å²) in [7, 11) is -4.62. The number of fused-ring (bicyclic) bond motifs is 1. The molecule has 4 aliphatic heterocycles. The van der Waals surface area contributed by atoms with Crippen LogP contribution in [0.25, 0.3) is 27.0 Å². The molecule has 0 unspecified atom stereocenters. The Morgan fingerprint density at radius 3 is 2.21 bits per heavy atom. The molecule has 0 bridgehead atoms. The van der Waals surface area contributed by atoms with Crippen molar-refractivity contribution in [3.05, 3.63) is 158 Å². The number of amides is 4. The van der Waals surface area contributed by atoms with Crippen molar-refractivity contribution in [1.82, 2.24) is 49.9 Å². The van der Waals surface area contributed by atoms with Crippen molar-refractivity contribution in [2.75, 3.05) is 88.8 Å². The predicted molar refractivity (Wildman–Crippen MR) is 435 cm³/mol. The minimum absolute atomic E-state index is 0.0215. The Morgan fingerprint density at radius 1 is 0.818 bits per heavy atom. The second kappa shape index (κ2) is 36.5. The third kappa shape index (κ3) is 21.1. The van der Waals surface area contributed by atoms with Gasteiger partial charge in [0.25, 0.3) is 21.6 Å². The van der Waals surface area contributed by atoms with E-state index in [1.54, 1.807) is 41.8 Å². The van der Waals surface area contributed by atoms with E-state index in [4.69, 9.17) is 16.3 Å². The van der Waals surface area contributed by atoms with Gasteiger partial charge in [0, 0.05) is 99.1 Å². The number of benzene rings is 4. The molecule has 23 nitrogen and oxygen atoms in total. The smallest absolute Gasteiger partial charge is 0.293 e. The van der Waals surface area contributed by atoms with E-state index >= 15 is 0 Å². The maximum Gasteiger partial charge on any atom is 0.293 e. The zero-order valence-corrected chi connectivity index (χ0v) is 67.2. The average molecular weight is 1560 g/mol. The average Bonchev–Trinajstić information content (AvgIpc) is 1.57. The molecule has 7 heterocycles. The number of pyridine rings is 1. The van der Waals surface area contributed by atoms with Crippen molar-refractivity contribution in [3.8, 4) is 21.9 Å². The molecule has 4 atom stereocenters. The number of allylic oxidation sites excluding steroid dienone is 1. The molecule has 110 heavy (non-hydrogen) atoms. The van der Waals surface area contributed by atoms with Crippen molar-refractivity contribution in [3.63, 3.8) is 0 Å². The summed E-state index contributed by atoms with van der Waals surface area (Å²) in [5.74, 6) is -1.11. The molecule has 6 N–H and O–H groups in total. The van der Waals surface area contributed by atoms with E-state index in [0.717, 1.165) is 173 Å². The number of thiazole rings is 1. The number of β-amino-alcohol motifs (C(OH)–C–C–N with tert-alkyl or cyclic N) is 1. The highest BCUT2D eigenvalue weighted by molar-refractivity contribution is 7.90. The number of sulfonamides is 1. The molecule has 5 aliphatic rings. The Bertz CT molecular complexity index is 4500. The number of ether oxygens (including phenoxy) is 1. The van der Waals surface area contributed by atoms with Gasteiger partial charge in [0.05, 0.1) is 49.8 Å². The number of aromatic amines is 1. The minimum Gasteiger partial charge on any atom is -0.455 e. The molecule has 7 aromatic rings. The van der Waals surface area contributed by atoms with Crippen LogP contribution in [0.2, 0.25) is 5.02 Å². The summed E-state index contributed by atoms with van der Waals surface area (Å²) >= 11 is 7.88. The number of halogens is 1. The number of rotatable bonds is 31. The number of piperidine rings is 2. The molecule has 3 aromatic heterocycles. The molecule has 4 saturated heterocycles. The number of nitro groups is 1. The number of H-pyrrole nitrogens is 1. The van der Waals surface area contributed by atoms with E-state index in [9.17, 15) is 42.8 Å². The van der Waals surface area contributed by atoms with Crippen LogP contribution in [0.5, 0.6) is 11.5 Å². The number of nitrogens with zero attached hydrogens (tertiary/aromatic N) is 8. The molecule has 4 fully saturated rings. The summed E-state index contributed by atoms with van der Waals surface area (Å²) in [6.45, 7) is 23.8. The number of aliphatic hydroxyl groups excluding tert-OH is 1. The second-order valence-corrected chi connectivity index (χ2v) is 35.8. The van der Waals surface area contributed by atoms with Crippen LogP contribution in [0.15, 0.2) is 125 Å². The number of hydrogen-bond donors (Lipinski definition) is 6. The van der Waals surface area contributed by atoms with Gasteiger partial charge in [-0.15, -0.1) is 11.3 Å². The number of hydrogen-bond acceptors (Lipinski definition) is 18. The maximum atomic E-state index is 14.3. The number of likely N-dealkylation sites (tertiary alicyclic amines) is 3. The lowest BCUT2D eigenvalue weighted by Gasteiger charge is -2.42. The Kier molecular flexibility index (Phi) is 26.9. The fourth-order valence-corrected chi connectivity index (χ4v) is 18.3. The minimum atomic E-state index is -4.62. The highest BCUT2D eigenvalue weighted by atomic mass is 35.5. The van der Waals surface area contributed by atoms with Crippen molar-refractivity contribution < 1.29 is 42.4 Å². The lowest BCUT2D eigenvalue weighted by molar-refractivity contribution is -0.384. The van der Waals surface area contributed by atoms with E-state index in [2.05, 4.69) is 81.2 Å². The molecular formula is C84H110ClN13O10S2. The Hall–Kier alpha value is -8.30. The number of nitrogens with one attached hydrogen (secondary N) is 5. The molecule has 590 valence electrons. The number of aryl methyl sites for hydroxylation is 1. The highest BCUT2D eigenvalue weighted by Crippen LogP contribution is 2.44. The van der Waals surface area contributed by atoms with Crippen LogP contribution < -0.4 is 30.3 Å². The summed E-state index contributed by atoms with van der Waals surface area (Å²) in [6.07, 6.45) is 18.6. The van der Waals surface area contributed by atoms with Gasteiger partial charge in [-0.1, -0.05) is 127 Å². The third-order valence-electron chi connectivity index (χ3n) is 23.0. The van der Waals surface area contributed by atoms with Crippen molar-refractivity contribution in [2.45, 2.75) is 193 Å². The zero-order valence-electron chi connectivity index (χ0n) is 64.8. The van der Waals surface area contributed by atoms with Crippen molar-refractivity contribution in [2.24, 2.45) is 16.7 Å². The highest BCUT2D eigenvalue weighted by Gasteiger charge is 2.45. The van der Waals surface area contributed by atoms with Crippen LogP contribution in [0, 0.1) is 33.8 Å². The summed E-state index contributed by atoms with van der Waals surface area (Å²) in [4.78, 5) is 91.6. The van der Waals surface area contributed by atoms with Crippen molar-refractivity contribution >= 4 is 90.3 Å². The first-order valence-electron chi connectivity index (χ1n) is 39.5. The van der Waals surface area contributed by atoms with Crippen molar-refractivity contribution in [1.29, 1.82) is 0 Å². The van der Waals surface area contributed by atoms with Gasteiger partial charge >= 0.3 is 0 Å². The Balaban J connectivity index is 0.537. The zero-order chi connectivity index (χ0) is 77.9. The topological polar surface area (TPSA) is 281 Å². The maximum absolute atomic E-state index is 14.3. The van der Waals surface area contributed by atoms with Gasteiger partial charge in [-0.2, -0.15) is 0 Å². The quantitative estimate of drug-likeness (QED) is 0.0134. The Morgan fingerprint density at radius 2 is 1.52 bits per heavy atom. The summed E-state index contributed by atoms with van der Waals surface area (Å²) in [6, 6.07) is 27.1. The normalized spacial score (nSPS) is 19.2. The van der Waals surface area contributed by atoms with Gasteiger partial charge in [0.1, 0.15) is 34.9 Å². The van der Waals surface area contributed by atoms with Crippen LogP contribution >= 0.6 is 22.9 Å². The van der Waals surface area contributed by atoms with Crippen LogP contribution in [0.4, 0.5) is 17.1 Å². The van der Waals surface area contributed by atoms with E-state index in [-0.39, 0.29) is 65.1 Å². The lowest BCUT2D eigenvalue weighted by Crippen LogP contribution is -2.57. The van der Waals surface area contributed by atoms with Gasteiger partial charge in [-0.3, -0.25) is 34.2 Å². The summed E-state index contributed by atoms with van der Waals surface area (Å²) < 4.78 is 36.8. The molecule has 12 rings (SSSR count). The largest absolute Gasteiger partial charge is 0.455 e. The molecule has 1 aliphatic carbocycles. The van der Waals surface area contributed by atoms with Gasteiger partial charge < -0.3 is 50.4 Å². The molecular weight excluding hydrogens is 1450 g/mol. The third-order valence-corrected chi connectivity index (χ3v) is 25.6. The molecule has 26 heteroatoms. The Labute approximate surface area is 656 Å². The standard InChI is InChI=1S/C84H110ClN13O10S2/c1-56(59-17-19-61(20-18-59)77-57(2)89-55-109-77)90-81(102)74-48-67(99)54-97(74)82(103)78(83(3,4)5)91-76(100)16-14-12-10-8-9-11-13-15-37-93-38-33-65(34-39-93)95-40-31-58(32-41-95)51-87-72-28-26-69(49-73(72)98(104)105)110(106,107)92-80(101)70-27-25-66(47-75(70)108-68-46-62-30-36-86-79(62)88-52-68)96-44-42-94(43-45-96)53-63-29-35-84(6,7)50-71(63)60-21-23-64(85)24-22-60/h17-28,30,36,46-47,49,52,55-56,58,65,67,74,78,87,99H,8-16,29,31-35,37-45,48,50-51,53-54H2,1-7H3,(H,86,88)(H,90,102)(H,91,100)(H,92,101)/t56-,67+,74-,78+/m0/s1. The monoisotopic (exact) mass is 1560 g/mol. The summed E-state index contributed by atoms with van der Waals surface area (Å²) in [5.41, 5.74) is 9.64. The van der Waals surface area contributed by atoms with Gasteiger partial charge in [-0.25, -0.2) is 23.1 Å². The molecule has 4 aromatic carbocycles. The number of anilines is 2. The molecule has 0 saturated carbocycles. The molecule has 0 spiro atoms. The number of aliphatic hydroxyl groups is 1. The van der Waals surface area contributed by atoms with Crippen LogP contribution in [0.1, 0.15) is 184 Å². The molecule has 4 amide bonds. The number of nitro benzene ring substituents is 1. The fourth-order valence-electron chi connectivity index (χ4n) is 16.4. The first kappa shape index (κ1) is 81.2. The number of unbranched alkanes of at least 4 members (excludes halogenated alkanes) is 7. The van der Waals surface area contributed by atoms with Gasteiger partial charge in [-0.05, 0) is 192 Å². The summed E-state index contributed by atoms with van der Waals surface area (Å²) in [5, 5.41) is 34.2. The number of carbonyl (C=O) groups excluding carboxylic acids is 4. The van der Waals surface area contributed by atoms with E-state index in [1.165, 1.54) is 59.2 Å². The lowest BCUT2D eigenvalue weighted by atomic mass is 9.72.